The number of aryl methyl sites for hydroxylation is 2. The number of anilines is 1. The second-order valence-corrected chi connectivity index (χ2v) is 9.26. The van der Waals surface area contributed by atoms with E-state index in [-0.39, 0.29) is 16.8 Å². The molecule has 5 nitrogen and oxygen atoms in total. The minimum Gasteiger partial charge on any atom is -0.324 e. The lowest BCUT2D eigenvalue weighted by Crippen LogP contribution is -2.54. The molecule has 0 radical (unpaired) electrons. The largest absolute Gasteiger partial charge is 0.324 e. The van der Waals surface area contributed by atoms with Gasteiger partial charge in [0.2, 0.25) is 0 Å². The highest BCUT2D eigenvalue weighted by atomic mass is 32.2. The number of carbonyl (C=O) groups excluding carboxylic acids is 2. The Labute approximate surface area is 176 Å². The second kappa shape index (κ2) is 8.11. The molecule has 29 heavy (non-hydrogen) atoms. The Morgan fingerprint density at radius 2 is 1.59 bits per heavy atom. The summed E-state index contributed by atoms with van der Waals surface area (Å²) in [5.74, 6) is 1.07. The molecule has 152 valence electrons. The van der Waals surface area contributed by atoms with E-state index >= 15 is 0 Å². The van der Waals surface area contributed by atoms with E-state index in [1.54, 1.807) is 0 Å². The van der Waals surface area contributed by atoms with Gasteiger partial charge in [-0.2, -0.15) is 0 Å². The molecule has 2 saturated heterocycles. The number of nitrogens with zero attached hydrogens (tertiary/aromatic N) is 2. The summed E-state index contributed by atoms with van der Waals surface area (Å²) in [5, 5.41) is 3.03. The van der Waals surface area contributed by atoms with E-state index in [4.69, 9.17) is 0 Å². The van der Waals surface area contributed by atoms with Crippen LogP contribution in [0.3, 0.4) is 0 Å². The first-order valence-corrected chi connectivity index (χ1v) is 11.1. The average Bonchev–Trinajstić information content (AvgIpc) is 3.13. The number of amides is 3. The Kier molecular flexibility index (Phi) is 5.54. The van der Waals surface area contributed by atoms with Crippen molar-refractivity contribution in [3.05, 3.63) is 65.2 Å². The van der Waals surface area contributed by atoms with Gasteiger partial charge >= 0.3 is 6.03 Å². The zero-order chi connectivity index (χ0) is 20.4. The number of thioether (sulfide) groups is 1. The SMILES string of the molecule is Cc1ccccc1NC(=O)N1CCC2(CC1)SCCN2C(=O)c1ccccc1C. The molecule has 2 heterocycles. The first-order chi connectivity index (χ1) is 14.0. The van der Waals surface area contributed by atoms with Gasteiger partial charge < -0.3 is 15.1 Å². The van der Waals surface area contributed by atoms with Crippen molar-refractivity contribution in [3.8, 4) is 0 Å². The zero-order valence-corrected chi connectivity index (χ0v) is 17.8. The van der Waals surface area contributed by atoms with E-state index in [0.29, 0.717) is 13.1 Å². The fourth-order valence-corrected chi connectivity index (χ4v) is 5.69. The molecule has 2 aliphatic heterocycles. The topological polar surface area (TPSA) is 52.7 Å². The summed E-state index contributed by atoms with van der Waals surface area (Å²) in [6, 6.07) is 15.5. The van der Waals surface area contributed by atoms with Gasteiger partial charge in [0.15, 0.2) is 0 Å². The van der Waals surface area contributed by atoms with Crippen LogP contribution in [0, 0.1) is 13.8 Å². The van der Waals surface area contributed by atoms with Crippen molar-refractivity contribution in [1.29, 1.82) is 0 Å². The normalized spacial score (nSPS) is 18.1. The summed E-state index contributed by atoms with van der Waals surface area (Å²) in [7, 11) is 0. The van der Waals surface area contributed by atoms with E-state index in [1.165, 1.54) is 0 Å². The van der Waals surface area contributed by atoms with Crippen molar-refractivity contribution >= 4 is 29.4 Å². The van der Waals surface area contributed by atoms with Gasteiger partial charge in [-0.3, -0.25) is 4.79 Å². The molecule has 0 atom stereocenters. The first kappa shape index (κ1) is 19.8. The van der Waals surface area contributed by atoms with E-state index in [0.717, 1.165) is 47.5 Å². The maximum absolute atomic E-state index is 13.3. The fraction of sp³-hybridized carbons (Fsp3) is 0.391. The summed E-state index contributed by atoms with van der Waals surface area (Å²) in [6.07, 6.45) is 1.60. The molecule has 0 aromatic heterocycles. The average molecular weight is 410 g/mol. The van der Waals surface area contributed by atoms with Gasteiger partial charge in [0.1, 0.15) is 0 Å². The van der Waals surface area contributed by atoms with Crippen LogP contribution in [-0.4, -0.2) is 52.0 Å². The van der Waals surface area contributed by atoms with Crippen molar-refractivity contribution in [1.82, 2.24) is 9.80 Å². The summed E-state index contributed by atoms with van der Waals surface area (Å²) in [4.78, 5) is 29.7. The molecular formula is C23H27N3O2S. The lowest BCUT2D eigenvalue weighted by Gasteiger charge is -2.44. The van der Waals surface area contributed by atoms with Gasteiger partial charge in [-0.15, -0.1) is 11.8 Å². The first-order valence-electron chi connectivity index (χ1n) is 10.1. The molecule has 0 bridgehead atoms. The van der Waals surface area contributed by atoms with Crippen molar-refractivity contribution in [2.45, 2.75) is 31.6 Å². The van der Waals surface area contributed by atoms with E-state index < -0.39 is 0 Å². The lowest BCUT2D eigenvalue weighted by molar-refractivity contribution is 0.0585. The monoisotopic (exact) mass is 409 g/mol. The lowest BCUT2D eigenvalue weighted by atomic mass is 10.00. The second-order valence-electron chi connectivity index (χ2n) is 7.80. The number of piperidine rings is 1. The van der Waals surface area contributed by atoms with Crippen LogP contribution in [0.25, 0.3) is 0 Å². The molecule has 1 spiro atoms. The van der Waals surface area contributed by atoms with Crippen LogP contribution in [0.5, 0.6) is 0 Å². The molecule has 2 aromatic rings. The highest BCUT2D eigenvalue weighted by Crippen LogP contribution is 2.44. The molecule has 6 heteroatoms. The van der Waals surface area contributed by atoms with Crippen LogP contribution >= 0.6 is 11.8 Å². The fourth-order valence-electron chi connectivity index (χ4n) is 4.23. The number of likely N-dealkylation sites (tertiary alicyclic amines) is 1. The minimum absolute atomic E-state index is 0.0612. The summed E-state index contributed by atoms with van der Waals surface area (Å²) >= 11 is 1.87. The van der Waals surface area contributed by atoms with Crippen molar-refractivity contribution < 1.29 is 9.59 Å². The highest BCUT2D eigenvalue weighted by Gasteiger charge is 2.47. The third-order valence-corrected chi connectivity index (χ3v) is 7.57. The number of benzene rings is 2. The number of hydrogen-bond acceptors (Lipinski definition) is 3. The molecule has 3 amide bonds. The predicted octanol–water partition coefficient (Wildman–Crippen LogP) is 4.52. The number of nitrogens with one attached hydrogen (secondary N) is 1. The van der Waals surface area contributed by atoms with E-state index in [2.05, 4.69) is 10.2 Å². The number of para-hydroxylation sites is 1. The van der Waals surface area contributed by atoms with Crippen LogP contribution in [-0.2, 0) is 0 Å². The summed E-state index contributed by atoms with van der Waals surface area (Å²) < 4.78 is 0. The van der Waals surface area contributed by atoms with Crippen LogP contribution in [0.15, 0.2) is 48.5 Å². The maximum atomic E-state index is 13.3. The number of carbonyl (C=O) groups is 2. The Bertz CT molecular complexity index is 922. The van der Waals surface area contributed by atoms with Crippen LogP contribution < -0.4 is 5.32 Å². The summed E-state index contributed by atoms with van der Waals surface area (Å²) in [6.45, 7) is 6.06. The molecule has 0 unspecified atom stereocenters. The standard InChI is InChI=1S/C23H27N3O2S/c1-17-7-3-5-9-19(17)21(27)26-15-16-29-23(26)11-13-25(14-12-23)22(28)24-20-10-6-4-8-18(20)2/h3-10H,11-16H2,1-2H3,(H,24,28). The van der Waals surface area contributed by atoms with Crippen LogP contribution in [0.1, 0.15) is 34.3 Å². The third kappa shape index (κ3) is 3.86. The van der Waals surface area contributed by atoms with Crippen molar-refractivity contribution in [2.75, 3.05) is 30.7 Å². The zero-order valence-electron chi connectivity index (χ0n) is 17.0. The molecule has 2 fully saturated rings. The minimum atomic E-state index is -0.196. The van der Waals surface area contributed by atoms with Crippen molar-refractivity contribution in [2.24, 2.45) is 0 Å². The predicted molar refractivity (Wildman–Crippen MR) is 118 cm³/mol. The van der Waals surface area contributed by atoms with E-state index in [1.807, 2.05) is 79.0 Å². The number of urea groups is 1. The Morgan fingerprint density at radius 3 is 2.28 bits per heavy atom. The number of hydrogen-bond donors (Lipinski definition) is 1. The Hall–Kier alpha value is -2.47. The van der Waals surface area contributed by atoms with Gasteiger partial charge in [0, 0.05) is 36.6 Å². The van der Waals surface area contributed by atoms with Gasteiger partial charge in [0.05, 0.1) is 4.87 Å². The van der Waals surface area contributed by atoms with Gasteiger partial charge in [-0.1, -0.05) is 36.4 Å². The highest BCUT2D eigenvalue weighted by molar-refractivity contribution is 8.00. The molecule has 1 N–H and O–H groups in total. The molecule has 2 aliphatic rings. The van der Waals surface area contributed by atoms with Gasteiger partial charge in [-0.05, 0) is 49.9 Å². The number of rotatable bonds is 2. The van der Waals surface area contributed by atoms with Gasteiger partial charge in [0.25, 0.3) is 5.91 Å². The van der Waals surface area contributed by atoms with Crippen molar-refractivity contribution in [3.63, 3.8) is 0 Å². The van der Waals surface area contributed by atoms with Crippen LogP contribution in [0.4, 0.5) is 10.5 Å². The van der Waals surface area contributed by atoms with Gasteiger partial charge in [-0.25, -0.2) is 4.79 Å². The van der Waals surface area contributed by atoms with E-state index in [9.17, 15) is 9.59 Å². The molecule has 0 saturated carbocycles. The Morgan fingerprint density at radius 1 is 0.931 bits per heavy atom. The molecule has 0 aliphatic carbocycles. The molecule has 4 rings (SSSR count). The molecule has 2 aromatic carbocycles. The summed E-state index contributed by atoms with van der Waals surface area (Å²) in [5.41, 5.74) is 3.70. The smallest absolute Gasteiger partial charge is 0.321 e. The quantitative estimate of drug-likeness (QED) is 0.794. The Balaban J connectivity index is 1.43. The van der Waals surface area contributed by atoms with Crippen LogP contribution in [0.2, 0.25) is 0 Å². The molecular weight excluding hydrogens is 382 g/mol. The third-order valence-electron chi connectivity index (χ3n) is 6.02. The maximum Gasteiger partial charge on any atom is 0.321 e.